The summed E-state index contributed by atoms with van der Waals surface area (Å²) in [6.07, 6.45) is 0.954. The first-order chi connectivity index (χ1) is 16.8. The summed E-state index contributed by atoms with van der Waals surface area (Å²) < 4.78 is 2.25. The molecule has 0 radical (unpaired) electrons. The largest absolute Gasteiger partial charge is 0.389 e. The van der Waals surface area contributed by atoms with E-state index in [0.717, 1.165) is 29.6 Å². The van der Waals surface area contributed by atoms with Crippen LogP contribution in [0, 0.1) is 19.8 Å². The van der Waals surface area contributed by atoms with Gasteiger partial charge in [0.05, 0.1) is 28.3 Å². The van der Waals surface area contributed by atoms with Crippen molar-refractivity contribution < 1.29 is 9.90 Å². The number of fused-ring (bicyclic) bond motifs is 1. The number of halogens is 1. The van der Waals surface area contributed by atoms with Crippen LogP contribution in [0.15, 0.2) is 35.1 Å². The number of aryl methyl sites for hydroxylation is 1. The van der Waals surface area contributed by atoms with E-state index in [1.54, 1.807) is 13.0 Å². The number of nitrogens with zero attached hydrogens (tertiary/aromatic N) is 2. The molecule has 2 heterocycles. The molecule has 0 saturated carbocycles. The highest BCUT2D eigenvalue weighted by Gasteiger charge is 2.25. The Morgan fingerprint density at radius 2 is 1.92 bits per heavy atom. The van der Waals surface area contributed by atoms with E-state index in [1.807, 2.05) is 52.1 Å². The Labute approximate surface area is 218 Å². The lowest BCUT2D eigenvalue weighted by Crippen LogP contribution is -2.37. The molecule has 0 aliphatic heterocycles. The molecule has 2 unspecified atom stereocenters. The molecule has 2 atom stereocenters. The number of rotatable bonds is 10. The SMILES string of the molecule is Cc1cc(Cl)c(CNC(=O)c2c(C)n(C(C)C(C)CCN(C)CC(C)(C)O)c3ccccc23)c(=O)[nH]1. The third-order valence-corrected chi connectivity index (χ3v) is 7.22. The number of benzene rings is 1. The molecule has 1 amide bonds. The van der Waals surface area contributed by atoms with Crippen molar-refractivity contribution in [2.45, 2.75) is 66.2 Å². The Morgan fingerprint density at radius 1 is 1.25 bits per heavy atom. The quantitative estimate of drug-likeness (QED) is 0.362. The van der Waals surface area contributed by atoms with Crippen LogP contribution in [-0.4, -0.2) is 51.2 Å². The van der Waals surface area contributed by atoms with Crippen LogP contribution in [0.25, 0.3) is 10.9 Å². The number of hydrogen-bond donors (Lipinski definition) is 3. The van der Waals surface area contributed by atoms with Gasteiger partial charge in [-0.05, 0) is 72.7 Å². The monoisotopic (exact) mass is 514 g/mol. The minimum Gasteiger partial charge on any atom is -0.389 e. The summed E-state index contributed by atoms with van der Waals surface area (Å²) in [5, 5.41) is 14.2. The smallest absolute Gasteiger partial charge is 0.254 e. The number of carbonyl (C=O) groups is 1. The maximum atomic E-state index is 13.4. The van der Waals surface area contributed by atoms with Gasteiger partial charge in [0.1, 0.15) is 0 Å². The van der Waals surface area contributed by atoms with Gasteiger partial charge in [-0.25, -0.2) is 0 Å². The number of likely N-dealkylation sites (N-methyl/N-ethyl adjacent to an activating group) is 1. The average molecular weight is 515 g/mol. The molecule has 0 saturated heterocycles. The molecule has 3 aromatic rings. The number of carbonyl (C=O) groups excluding carboxylic acids is 1. The highest BCUT2D eigenvalue weighted by atomic mass is 35.5. The zero-order valence-electron chi connectivity index (χ0n) is 22.4. The van der Waals surface area contributed by atoms with Gasteiger partial charge in [-0.15, -0.1) is 0 Å². The molecule has 0 aliphatic rings. The maximum Gasteiger partial charge on any atom is 0.254 e. The van der Waals surface area contributed by atoms with E-state index >= 15 is 0 Å². The molecule has 3 N–H and O–H groups in total. The Kier molecular flexibility index (Phi) is 8.70. The van der Waals surface area contributed by atoms with E-state index in [4.69, 9.17) is 11.6 Å². The number of aromatic amines is 1. The van der Waals surface area contributed by atoms with Crippen molar-refractivity contribution in [1.29, 1.82) is 0 Å². The lowest BCUT2D eigenvalue weighted by Gasteiger charge is -2.29. The third-order valence-electron chi connectivity index (χ3n) is 6.88. The fourth-order valence-corrected chi connectivity index (χ4v) is 5.28. The lowest BCUT2D eigenvalue weighted by molar-refractivity contribution is 0.0427. The number of para-hydroxylation sites is 1. The minimum absolute atomic E-state index is 0.0473. The Hall–Kier alpha value is -2.61. The summed E-state index contributed by atoms with van der Waals surface area (Å²) in [4.78, 5) is 30.6. The van der Waals surface area contributed by atoms with Gasteiger partial charge < -0.3 is 24.9 Å². The van der Waals surface area contributed by atoms with Gasteiger partial charge in [0.2, 0.25) is 0 Å². The van der Waals surface area contributed by atoms with Crippen molar-refractivity contribution in [3.05, 3.63) is 68.2 Å². The van der Waals surface area contributed by atoms with Gasteiger partial charge in [-0.3, -0.25) is 9.59 Å². The molecular formula is C28H39ClN4O3. The molecule has 7 nitrogen and oxygen atoms in total. The van der Waals surface area contributed by atoms with Crippen molar-refractivity contribution in [2.75, 3.05) is 20.1 Å². The molecule has 196 valence electrons. The lowest BCUT2D eigenvalue weighted by atomic mass is 9.98. The van der Waals surface area contributed by atoms with E-state index < -0.39 is 5.60 Å². The Balaban J connectivity index is 1.84. The van der Waals surface area contributed by atoms with Gasteiger partial charge in [0, 0.05) is 34.9 Å². The highest BCUT2D eigenvalue weighted by Crippen LogP contribution is 2.33. The van der Waals surface area contributed by atoms with Crippen LogP contribution in [0.1, 0.15) is 67.5 Å². The van der Waals surface area contributed by atoms with Crippen LogP contribution in [0.4, 0.5) is 0 Å². The first-order valence-corrected chi connectivity index (χ1v) is 12.8. The summed E-state index contributed by atoms with van der Waals surface area (Å²) in [5.74, 6) is 0.104. The summed E-state index contributed by atoms with van der Waals surface area (Å²) >= 11 is 6.27. The predicted octanol–water partition coefficient (Wildman–Crippen LogP) is 4.82. The van der Waals surface area contributed by atoms with Crippen molar-refractivity contribution in [2.24, 2.45) is 5.92 Å². The third kappa shape index (κ3) is 6.38. The fraction of sp³-hybridized carbons (Fsp3) is 0.500. The van der Waals surface area contributed by atoms with Gasteiger partial charge in [-0.1, -0.05) is 36.7 Å². The second-order valence-corrected chi connectivity index (χ2v) is 11.1. The molecule has 0 aliphatic carbocycles. The zero-order valence-corrected chi connectivity index (χ0v) is 23.2. The van der Waals surface area contributed by atoms with E-state index in [1.165, 1.54) is 0 Å². The van der Waals surface area contributed by atoms with E-state index in [0.29, 0.717) is 34.3 Å². The summed E-state index contributed by atoms with van der Waals surface area (Å²) in [6.45, 7) is 13.3. The fourth-order valence-electron chi connectivity index (χ4n) is 4.96. The number of nitrogens with one attached hydrogen (secondary N) is 2. The first-order valence-electron chi connectivity index (χ1n) is 12.5. The van der Waals surface area contributed by atoms with Crippen LogP contribution in [0.2, 0.25) is 5.02 Å². The number of amides is 1. The molecule has 0 fully saturated rings. The molecule has 8 heteroatoms. The number of hydrogen-bond acceptors (Lipinski definition) is 4. The Bertz CT molecular complexity index is 1290. The van der Waals surface area contributed by atoms with Gasteiger partial charge >= 0.3 is 0 Å². The molecule has 36 heavy (non-hydrogen) atoms. The van der Waals surface area contributed by atoms with Gasteiger partial charge in [0.25, 0.3) is 11.5 Å². The van der Waals surface area contributed by atoms with Crippen molar-refractivity contribution in [1.82, 2.24) is 19.8 Å². The molecule has 0 bridgehead atoms. The standard InChI is InChI=1S/C28H39ClN4O3/c1-17(12-13-32(7)16-28(5,6)36)19(3)33-20(4)25(21-10-8-9-11-24(21)33)27(35)30-15-22-23(29)14-18(2)31-26(22)34/h8-11,14,17,19,36H,12-13,15-16H2,1-7H3,(H,30,35)(H,31,34). The van der Waals surface area contributed by atoms with E-state index in [-0.39, 0.29) is 24.1 Å². The van der Waals surface area contributed by atoms with Crippen LogP contribution in [0.3, 0.4) is 0 Å². The van der Waals surface area contributed by atoms with Crippen LogP contribution >= 0.6 is 11.6 Å². The van der Waals surface area contributed by atoms with Crippen LogP contribution in [0.5, 0.6) is 0 Å². The molecule has 3 rings (SSSR count). The predicted molar refractivity (Wildman–Crippen MR) is 147 cm³/mol. The zero-order chi connectivity index (χ0) is 26.8. The van der Waals surface area contributed by atoms with Crippen molar-refractivity contribution in [3.63, 3.8) is 0 Å². The van der Waals surface area contributed by atoms with Crippen molar-refractivity contribution in [3.8, 4) is 0 Å². The first kappa shape index (κ1) is 28.0. The molecule has 2 aromatic heterocycles. The van der Waals surface area contributed by atoms with Crippen molar-refractivity contribution >= 4 is 28.4 Å². The highest BCUT2D eigenvalue weighted by molar-refractivity contribution is 6.31. The normalized spacial score (nSPS) is 13.8. The number of H-pyrrole nitrogens is 1. The Morgan fingerprint density at radius 3 is 2.56 bits per heavy atom. The molecular weight excluding hydrogens is 476 g/mol. The van der Waals surface area contributed by atoms with E-state index in [9.17, 15) is 14.7 Å². The summed E-state index contributed by atoms with van der Waals surface area (Å²) in [5.41, 5.74) is 2.51. The van der Waals surface area contributed by atoms with Gasteiger partial charge in [-0.2, -0.15) is 0 Å². The number of aliphatic hydroxyl groups is 1. The summed E-state index contributed by atoms with van der Waals surface area (Å²) in [6, 6.07) is 9.77. The van der Waals surface area contributed by atoms with Crippen LogP contribution < -0.4 is 10.9 Å². The average Bonchev–Trinajstić information content (AvgIpc) is 3.06. The maximum absolute atomic E-state index is 13.4. The summed E-state index contributed by atoms with van der Waals surface area (Å²) in [7, 11) is 2.03. The van der Waals surface area contributed by atoms with E-state index in [2.05, 4.69) is 33.6 Å². The second-order valence-electron chi connectivity index (χ2n) is 10.7. The topological polar surface area (TPSA) is 90.4 Å². The second kappa shape index (κ2) is 11.2. The molecule has 0 spiro atoms. The molecule has 1 aromatic carbocycles. The van der Waals surface area contributed by atoms with Crippen LogP contribution in [-0.2, 0) is 6.54 Å². The minimum atomic E-state index is -0.729. The van der Waals surface area contributed by atoms with Gasteiger partial charge in [0.15, 0.2) is 0 Å². The number of aromatic nitrogens is 2. The number of pyridine rings is 1.